The molecule has 10 nitrogen and oxygen atoms in total. The van der Waals surface area contributed by atoms with E-state index in [0.29, 0.717) is 21.3 Å². The van der Waals surface area contributed by atoms with Gasteiger partial charge in [-0.1, -0.05) is 26.0 Å². The number of nitrogens with one attached hydrogen (secondary N) is 2. The van der Waals surface area contributed by atoms with Crippen molar-refractivity contribution in [2.45, 2.75) is 29.6 Å². The summed E-state index contributed by atoms with van der Waals surface area (Å²) in [6.07, 6.45) is 2.52. The Morgan fingerprint density at radius 2 is 1.59 bits per heavy atom. The molecule has 16 heteroatoms. The summed E-state index contributed by atoms with van der Waals surface area (Å²) in [5.41, 5.74) is 0.114. The monoisotopic (exact) mass is 689 g/mol. The number of aromatic nitrogens is 3. The third-order valence-corrected chi connectivity index (χ3v) is 10.5. The van der Waals surface area contributed by atoms with Gasteiger partial charge in [0.2, 0.25) is 5.95 Å². The van der Waals surface area contributed by atoms with Crippen molar-refractivity contribution in [2.75, 3.05) is 23.4 Å². The Hall–Kier alpha value is -4.54. The van der Waals surface area contributed by atoms with Crippen LogP contribution in [0, 0.1) is 17.5 Å². The van der Waals surface area contributed by atoms with Gasteiger partial charge in [-0.05, 0) is 48.5 Å². The molecule has 0 amide bonds. The van der Waals surface area contributed by atoms with Crippen molar-refractivity contribution in [3.8, 4) is 27.6 Å². The lowest BCUT2D eigenvalue weighted by Crippen LogP contribution is -2.17. The standard InChI is InChI=1S/C30H26F3N5O5S3/c1-16(2)29-37-26(18-7-5-10-21(25(18)33)38-46(41,42)28-19(31)8-6-9-20(28)32)27(44-29)22-13-14-34-30(35-22)36-23-15-17(45(4,39)40)11-12-24(23)43-3/h5-16,38H,1-4H3,(H,34,35,36). The molecule has 5 aromatic rings. The van der Waals surface area contributed by atoms with Crippen LogP contribution in [-0.4, -0.2) is 45.2 Å². The third kappa shape index (κ3) is 6.68. The third-order valence-electron chi connectivity index (χ3n) is 6.56. The normalized spacial score (nSPS) is 11.9. The lowest BCUT2D eigenvalue weighted by atomic mass is 10.1. The Morgan fingerprint density at radius 3 is 2.24 bits per heavy atom. The minimum atomic E-state index is -4.85. The predicted octanol–water partition coefficient (Wildman–Crippen LogP) is 6.76. The summed E-state index contributed by atoms with van der Waals surface area (Å²) in [5, 5.41) is 3.59. The highest BCUT2D eigenvalue weighted by atomic mass is 32.2. The second-order valence-electron chi connectivity index (χ2n) is 10.2. The number of hydrogen-bond acceptors (Lipinski definition) is 10. The summed E-state index contributed by atoms with van der Waals surface area (Å²) in [4.78, 5) is 12.7. The molecule has 0 spiro atoms. The highest BCUT2D eigenvalue weighted by Crippen LogP contribution is 2.41. The number of methoxy groups -OCH3 is 1. The minimum Gasteiger partial charge on any atom is -0.495 e. The highest BCUT2D eigenvalue weighted by Gasteiger charge is 2.27. The second-order valence-corrected chi connectivity index (χ2v) is 14.9. The molecule has 0 aliphatic rings. The number of halogens is 3. The van der Waals surface area contributed by atoms with Gasteiger partial charge in [-0.3, -0.25) is 4.72 Å². The van der Waals surface area contributed by atoms with E-state index >= 15 is 4.39 Å². The van der Waals surface area contributed by atoms with E-state index in [9.17, 15) is 25.6 Å². The average Bonchev–Trinajstić information content (AvgIpc) is 3.43. The Labute approximate surface area is 267 Å². The van der Waals surface area contributed by atoms with Gasteiger partial charge in [-0.15, -0.1) is 11.3 Å². The zero-order chi connectivity index (χ0) is 33.4. The fraction of sp³-hybridized carbons (Fsp3) is 0.167. The first-order valence-corrected chi connectivity index (χ1v) is 17.6. The van der Waals surface area contributed by atoms with Gasteiger partial charge < -0.3 is 10.1 Å². The summed E-state index contributed by atoms with van der Waals surface area (Å²) in [7, 11) is -6.97. The van der Waals surface area contributed by atoms with Crippen LogP contribution >= 0.6 is 11.3 Å². The van der Waals surface area contributed by atoms with Crippen molar-refractivity contribution in [2.24, 2.45) is 0 Å². The van der Waals surface area contributed by atoms with Crippen molar-refractivity contribution in [3.63, 3.8) is 0 Å². The number of anilines is 3. The van der Waals surface area contributed by atoms with Gasteiger partial charge >= 0.3 is 0 Å². The molecule has 2 N–H and O–H groups in total. The molecule has 0 aliphatic carbocycles. The van der Waals surface area contributed by atoms with Crippen LogP contribution in [-0.2, 0) is 19.9 Å². The molecular weight excluding hydrogens is 664 g/mol. The Morgan fingerprint density at radius 1 is 0.891 bits per heavy atom. The molecule has 0 aliphatic heterocycles. The Balaban J connectivity index is 1.57. The van der Waals surface area contributed by atoms with E-state index < -0.39 is 47.9 Å². The molecule has 0 bridgehead atoms. The van der Waals surface area contributed by atoms with E-state index in [1.807, 2.05) is 18.6 Å². The first-order valence-electron chi connectivity index (χ1n) is 13.4. The summed E-state index contributed by atoms with van der Waals surface area (Å²) < 4.78 is 102. The maximum Gasteiger partial charge on any atom is 0.267 e. The number of rotatable bonds is 10. The molecule has 0 fully saturated rings. The number of nitrogens with zero attached hydrogens (tertiary/aromatic N) is 3. The molecule has 0 radical (unpaired) electrons. The zero-order valence-electron chi connectivity index (χ0n) is 24.7. The van der Waals surface area contributed by atoms with E-state index in [2.05, 4.69) is 20.3 Å². The average molecular weight is 690 g/mol. The fourth-order valence-electron chi connectivity index (χ4n) is 4.35. The van der Waals surface area contributed by atoms with Gasteiger partial charge in [-0.25, -0.2) is 45.0 Å². The van der Waals surface area contributed by atoms with E-state index in [4.69, 9.17) is 4.74 Å². The van der Waals surface area contributed by atoms with E-state index in [-0.39, 0.29) is 33.7 Å². The van der Waals surface area contributed by atoms with Crippen LogP contribution in [0.1, 0.15) is 24.8 Å². The Bertz CT molecular complexity index is 2150. The van der Waals surface area contributed by atoms with Crippen molar-refractivity contribution in [1.82, 2.24) is 15.0 Å². The van der Waals surface area contributed by atoms with E-state index in [1.54, 1.807) is 6.07 Å². The molecule has 2 heterocycles. The summed E-state index contributed by atoms with van der Waals surface area (Å²) in [5.74, 6) is -3.37. The number of hydrogen-bond donors (Lipinski definition) is 2. The number of sulfonamides is 1. The Kier molecular flexibility index (Phi) is 9.06. The van der Waals surface area contributed by atoms with Gasteiger partial charge in [-0.2, -0.15) is 0 Å². The highest BCUT2D eigenvalue weighted by molar-refractivity contribution is 7.92. The smallest absolute Gasteiger partial charge is 0.267 e. The molecule has 0 saturated carbocycles. The van der Waals surface area contributed by atoms with Gasteiger partial charge in [0.1, 0.15) is 17.4 Å². The fourth-order valence-corrected chi connectivity index (χ4v) is 7.25. The topological polar surface area (TPSA) is 140 Å². The number of sulfone groups is 1. The lowest BCUT2D eigenvalue weighted by molar-refractivity contribution is 0.416. The van der Waals surface area contributed by atoms with Crippen molar-refractivity contribution < 1.29 is 34.7 Å². The molecule has 0 unspecified atom stereocenters. The van der Waals surface area contributed by atoms with Gasteiger partial charge in [0, 0.05) is 23.9 Å². The quantitative estimate of drug-likeness (QED) is 0.163. The van der Waals surface area contributed by atoms with Crippen LogP contribution < -0.4 is 14.8 Å². The summed E-state index contributed by atoms with van der Waals surface area (Å²) in [6, 6.07) is 12.3. The molecule has 46 heavy (non-hydrogen) atoms. The lowest BCUT2D eigenvalue weighted by Gasteiger charge is -2.13. The van der Waals surface area contributed by atoms with E-state index in [1.165, 1.54) is 55.0 Å². The molecular formula is C30H26F3N5O5S3. The molecule has 2 aromatic heterocycles. The first-order chi connectivity index (χ1) is 21.7. The molecule has 0 saturated heterocycles. The van der Waals surface area contributed by atoms with Gasteiger partial charge in [0.05, 0.1) is 44.7 Å². The first kappa shape index (κ1) is 32.8. The van der Waals surface area contributed by atoms with Gasteiger partial charge in [0.15, 0.2) is 20.5 Å². The van der Waals surface area contributed by atoms with Crippen molar-refractivity contribution >= 4 is 48.5 Å². The number of ether oxygens (including phenoxy) is 1. The van der Waals surface area contributed by atoms with Crippen LogP contribution in [0.4, 0.5) is 30.5 Å². The summed E-state index contributed by atoms with van der Waals surface area (Å²) in [6.45, 7) is 3.79. The minimum absolute atomic E-state index is 0.0435. The van der Waals surface area contributed by atoms with Crippen LogP contribution in [0.3, 0.4) is 0 Å². The maximum atomic E-state index is 16.0. The molecule has 3 aromatic carbocycles. The van der Waals surface area contributed by atoms with Crippen molar-refractivity contribution in [1.29, 1.82) is 0 Å². The zero-order valence-corrected chi connectivity index (χ0v) is 27.1. The van der Waals surface area contributed by atoms with Crippen LogP contribution in [0.25, 0.3) is 21.8 Å². The predicted molar refractivity (Wildman–Crippen MR) is 169 cm³/mol. The maximum absolute atomic E-state index is 16.0. The number of thiazole rings is 1. The largest absolute Gasteiger partial charge is 0.495 e. The number of benzene rings is 3. The molecule has 0 atom stereocenters. The SMILES string of the molecule is COc1ccc(S(C)(=O)=O)cc1Nc1nccc(-c2sc(C(C)C)nc2-c2cccc(NS(=O)(=O)c3c(F)cccc3F)c2F)n1. The molecule has 5 rings (SSSR count). The van der Waals surface area contributed by atoms with Crippen LogP contribution in [0.15, 0.2) is 76.7 Å². The van der Waals surface area contributed by atoms with Crippen LogP contribution in [0.5, 0.6) is 5.75 Å². The molecule has 240 valence electrons. The summed E-state index contributed by atoms with van der Waals surface area (Å²) >= 11 is 1.23. The second kappa shape index (κ2) is 12.7. The van der Waals surface area contributed by atoms with E-state index in [0.717, 1.165) is 30.5 Å². The van der Waals surface area contributed by atoms with Gasteiger partial charge in [0.25, 0.3) is 10.0 Å². The van der Waals surface area contributed by atoms with Crippen LogP contribution in [0.2, 0.25) is 0 Å². The van der Waals surface area contributed by atoms with Crippen molar-refractivity contribution in [3.05, 3.63) is 89.3 Å².